The number of rotatable bonds is 5. The standard InChI is InChI=1S/C25H20ClF3N2O3/c26-18-12-10-16(11-13-18)22(20-8-4-5-9-21(20)25(27,28)29)34-19-14-31(15-19)24(33)30-23(32)17-6-2-1-3-7-17/h1-13,19,22H,14-15H2,(H,30,32,33). The van der Waals surface area contributed by atoms with Crippen LogP contribution in [-0.2, 0) is 10.9 Å². The third-order valence-electron chi connectivity index (χ3n) is 5.44. The van der Waals surface area contributed by atoms with Crippen molar-refractivity contribution in [2.24, 2.45) is 0 Å². The van der Waals surface area contributed by atoms with Crippen LogP contribution in [-0.4, -0.2) is 36.0 Å². The average molecular weight is 489 g/mol. The predicted octanol–water partition coefficient (Wildman–Crippen LogP) is 5.70. The van der Waals surface area contributed by atoms with Crippen LogP contribution in [0.2, 0.25) is 5.02 Å². The maximum Gasteiger partial charge on any atom is 0.416 e. The molecule has 0 bridgehead atoms. The van der Waals surface area contributed by atoms with E-state index in [9.17, 15) is 22.8 Å². The van der Waals surface area contributed by atoms with Gasteiger partial charge in [-0.25, -0.2) is 4.79 Å². The summed E-state index contributed by atoms with van der Waals surface area (Å²) in [6.07, 6.45) is -6.09. The molecule has 1 aliphatic heterocycles. The van der Waals surface area contributed by atoms with E-state index in [4.69, 9.17) is 16.3 Å². The highest BCUT2D eigenvalue weighted by molar-refractivity contribution is 6.30. The minimum atomic E-state index is -4.56. The Kier molecular flexibility index (Phi) is 6.90. The smallest absolute Gasteiger partial charge is 0.362 e. The summed E-state index contributed by atoms with van der Waals surface area (Å²) >= 11 is 5.95. The summed E-state index contributed by atoms with van der Waals surface area (Å²) in [4.78, 5) is 25.9. The predicted molar refractivity (Wildman–Crippen MR) is 120 cm³/mol. The summed E-state index contributed by atoms with van der Waals surface area (Å²) in [5, 5.41) is 2.75. The SMILES string of the molecule is O=C(NC(=O)N1CC(OC(c2ccc(Cl)cc2)c2ccccc2C(F)(F)F)C1)c1ccccc1. The summed E-state index contributed by atoms with van der Waals surface area (Å²) in [6.45, 7) is 0.262. The molecule has 1 unspecified atom stereocenters. The third kappa shape index (κ3) is 5.40. The van der Waals surface area contributed by atoms with Crippen molar-refractivity contribution in [2.75, 3.05) is 13.1 Å². The lowest BCUT2D eigenvalue weighted by Crippen LogP contribution is -2.58. The maximum absolute atomic E-state index is 13.7. The zero-order valence-electron chi connectivity index (χ0n) is 17.8. The Morgan fingerprint density at radius 1 is 0.941 bits per heavy atom. The van der Waals surface area contributed by atoms with E-state index in [2.05, 4.69) is 5.32 Å². The number of halogens is 4. The number of hydrogen-bond donors (Lipinski definition) is 1. The number of carbonyl (C=O) groups excluding carboxylic acids is 2. The second-order valence-corrected chi connectivity index (χ2v) is 8.24. The van der Waals surface area contributed by atoms with E-state index in [1.807, 2.05) is 0 Å². The quantitative estimate of drug-likeness (QED) is 0.501. The highest BCUT2D eigenvalue weighted by Gasteiger charge is 2.39. The minimum absolute atomic E-state index is 0.0283. The van der Waals surface area contributed by atoms with Gasteiger partial charge in [-0.15, -0.1) is 0 Å². The first-order valence-electron chi connectivity index (χ1n) is 10.4. The molecule has 4 rings (SSSR count). The summed E-state index contributed by atoms with van der Waals surface area (Å²) < 4.78 is 47.1. The van der Waals surface area contributed by atoms with Gasteiger partial charge in [-0.05, 0) is 41.5 Å². The molecule has 34 heavy (non-hydrogen) atoms. The van der Waals surface area contributed by atoms with Gasteiger partial charge in [0.25, 0.3) is 5.91 Å². The van der Waals surface area contributed by atoms with Gasteiger partial charge in [0, 0.05) is 10.6 Å². The van der Waals surface area contributed by atoms with Crippen molar-refractivity contribution in [3.8, 4) is 0 Å². The second-order valence-electron chi connectivity index (χ2n) is 7.80. The molecule has 1 heterocycles. The van der Waals surface area contributed by atoms with Crippen molar-refractivity contribution >= 4 is 23.5 Å². The number of carbonyl (C=O) groups is 2. The normalized spacial score (nSPS) is 14.9. The van der Waals surface area contributed by atoms with Crippen LogP contribution in [0.25, 0.3) is 0 Å². The van der Waals surface area contributed by atoms with E-state index in [1.165, 1.54) is 23.1 Å². The number of alkyl halides is 3. The van der Waals surface area contributed by atoms with E-state index in [0.29, 0.717) is 16.1 Å². The summed E-state index contributed by atoms with van der Waals surface area (Å²) in [7, 11) is 0. The maximum atomic E-state index is 13.7. The summed E-state index contributed by atoms with van der Waals surface area (Å²) in [5.41, 5.74) is 0.0239. The van der Waals surface area contributed by atoms with Crippen LogP contribution in [0.4, 0.5) is 18.0 Å². The average Bonchev–Trinajstić information content (AvgIpc) is 2.79. The minimum Gasteiger partial charge on any atom is -0.362 e. The summed E-state index contributed by atoms with van der Waals surface area (Å²) in [5.74, 6) is -0.534. The van der Waals surface area contributed by atoms with Gasteiger partial charge in [0.1, 0.15) is 6.10 Å². The number of urea groups is 1. The zero-order chi connectivity index (χ0) is 24.3. The molecule has 3 aromatic rings. The highest BCUT2D eigenvalue weighted by atomic mass is 35.5. The number of amides is 3. The molecular formula is C25H20ClF3N2O3. The Morgan fingerprint density at radius 3 is 2.21 bits per heavy atom. The molecule has 0 spiro atoms. The molecule has 1 fully saturated rings. The fraction of sp³-hybridized carbons (Fsp3) is 0.200. The largest absolute Gasteiger partial charge is 0.416 e. The van der Waals surface area contributed by atoms with E-state index < -0.39 is 35.9 Å². The van der Waals surface area contributed by atoms with Crippen LogP contribution in [0, 0.1) is 0 Å². The third-order valence-corrected chi connectivity index (χ3v) is 5.69. The van der Waals surface area contributed by atoms with E-state index in [-0.39, 0.29) is 18.7 Å². The molecule has 1 N–H and O–H groups in total. The van der Waals surface area contributed by atoms with E-state index in [0.717, 1.165) is 6.07 Å². The van der Waals surface area contributed by atoms with Crippen molar-refractivity contribution in [1.82, 2.24) is 10.2 Å². The first kappa shape index (κ1) is 23.8. The number of hydrogen-bond acceptors (Lipinski definition) is 3. The molecular weight excluding hydrogens is 469 g/mol. The van der Waals surface area contributed by atoms with Crippen LogP contribution in [0.1, 0.15) is 33.2 Å². The van der Waals surface area contributed by atoms with Crippen molar-refractivity contribution in [3.63, 3.8) is 0 Å². The van der Waals surface area contributed by atoms with Gasteiger partial charge in [-0.2, -0.15) is 13.2 Å². The first-order valence-corrected chi connectivity index (χ1v) is 10.8. The summed E-state index contributed by atoms with van der Waals surface area (Å²) in [6, 6.07) is 19.3. The van der Waals surface area contributed by atoms with E-state index in [1.54, 1.807) is 54.6 Å². The van der Waals surface area contributed by atoms with Gasteiger partial charge in [-0.1, -0.05) is 60.1 Å². The Balaban J connectivity index is 1.47. The van der Waals surface area contributed by atoms with Crippen LogP contribution >= 0.6 is 11.6 Å². The lowest BCUT2D eigenvalue weighted by molar-refractivity contribution is -0.140. The van der Waals surface area contributed by atoms with Crippen LogP contribution in [0.5, 0.6) is 0 Å². The number of nitrogens with one attached hydrogen (secondary N) is 1. The topological polar surface area (TPSA) is 58.6 Å². The Bertz CT molecular complexity index is 1160. The first-order chi connectivity index (χ1) is 16.2. The van der Waals surface area contributed by atoms with Gasteiger partial charge in [0.2, 0.25) is 0 Å². The monoisotopic (exact) mass is 488 g/mol. The molecule has 5 nitrogen and oxygen atoms in total. The number of ether oxygens (including phenoxy) is 1. The molecule has 1 saturated heterocycles. The lowest BCUT2D eigenvalue weighted by atomic mass is 9.95. The Morgan fingerprint density at radius 2 is 1.56 bits per heavy atom. The van der Waals surface area contributed by atoms with Crippen molar-refractivity contribution in [2.45, 2.75) is 18.4 Å². The molecule has 1 atom stereocenters. The van der Waals surface area contributed by atoms with Gasteiger partial charge in [-0.3, -0.25) is 10.1 Å². The Hall–Kier alpha value is -3.36. The van der Waals surface area contributed by atoms with Crippen LogP contribution in [0.15, 0.2) is 78.9 Å². The molecule has 3 aromatic carbocycles. The van der Waals surface area contributed by atoms with Crippen LogP contribution in [0.3, 0.4) is 0 Å². The Labute approximate surface area is 199 Å². The number of imide groups is 1. The highest BCUT2D eigenvalue weighted by Crippen LogP contribution is 2.39. The van der Waals surface area contributed by atoms with Crippen molar-refractivity contribution in [3.05, 3.63) is 106 Å². The zero-order valence-corrected chi connectivity index (χ0v) is 18.5. The second kappa shape index (κ2) is 9.87. The molecule has 0 saturated carbocycles. The lowest BCUT2D eigenvalue weighted by Gasteiger charge is -2.40. The van der Waals surface area contributed by atoms with Crippen LogP contribution < -0.4 is 5.32 Å². The molecule has 9 heteroatoms. The fourth-order valence-electron chi connectivity index (χ4n) is 3.67. The molecule has 3 amide bonds. The van der Waals surface area contributed by atoms with Crippen molar-refractivity contribution < 1.29 is 27.5 Å². The van der Waals surface area contributed by atoms with E-state index >= 15 is 0 Å². The van der Waals surface area contributed by atoms with Crippen molar-refractivity contribution in [1.29, 1.82) is 0 Å². The van der Waals surface area contributed by atoms with Gasteiger partial charge in [0.15, 0.2) is 0 Å². The molecule has 176 valence electrons. The molecule has 0 aliphatic carbocycles. The number of nitrogens with zero attached hydrogens (tertiary/aromatic N) is 1. The van der Waals surface area contributed by atoms with Gasteiger partial charge >= 0.3 is 12.2 Å². The fourth-order valence-corrected chi connectivity index (χ4v) is 3.80. The van der Waals surface area contributed by atoms with Gasteiger partial charge < -0.3 is 9.64 Å². The molecule has 0 radical (unpaired) electrons. The number of likely N-dealkylation sites (tertiary alicyclic amines) is 1. The molecule has 1 aliphatic rings. The van der Waals surface area contributed by atoms with Gasteiger partial charge in [0.05, 0.1) is 24.8 Å². The number of benzene rings is 3. The molecule has 0 aromatic heterocycles.